The molecule has 1 saturated heterocycles. The molecule has 0 aromatic carbocycles. The predicted molar refractivity (Wildman–Crippen MR) is 83.6 cm³/mol. The van der Waals surface area contributed by atoms with Gasteiger partial charge in [0.1, 0.15) is 0 Å². The predicted octanol–water partition coefficient (Wildman–Crippen LogP) is 3.15. The van der Waals surface area contributed by atoms with Gasteiger partial charge in [-0.3, -0.25) is 0 Å². The number of ether oxygens (including phenoxy) is 1. The maximum atomic E-state index is 9.52. The van der Waals surface area contributed by atoms with Crippen molar-refractivity contribution in [2.75, 3.05) is 24.6 Å². The summed E-state index contributed by atoms with van der Waals surface area (Å²) in [5.74, 6) is 0.420. The normalized spacial score (nSPS) is 18.5. The van der Waals surface area contributed by atoms with Crippen LogP contribution >= 0.6 is 11.3 Å². The molecule has 20 heavy (non-hydrogen) atoms. The van der Waals surface area contributed by atoms with E-state index in [2.05, 4.69) is 25.7 Å². The van der Waals surface area contributed by atoms with Crippen LogP contribution in [0.1, 0.15) is 56.5 Å². The van der Waals surface area contributed by atoms with Crippen LogP contribution in [-0.4, -0.2) is 35.9 Å². The van der Waals surface area contributed by atoms with Crippen molar-refractivity contribution >= 4 is 16.5 Å². The summed E-state index contributed by atoms with van der Waals surface area (Å²) >= 11 is 1.65. The minimum Gasteiger partial charge on any atom is -0.391 e. The topological polar surface area (TPSA) is 45.6 Å². The van der Waals surface area contributed by atoms with Crippen LogP contribution in [0.3, 0.4) is 0 Å². The molecule has 4 nitrogen and oxygen atoms in total. The average molecular weight is 298 g/mol. The van der Waals surface area contributed by atoms with Crippen molar-refractivity contribution in [3.63, 3.8) is 0 Å². The summed E-state index contributed by atoms with van der Waals surface area (Å²) in [5, 5.41) is 10.6. The van der Waals surface area contributed by atoms with Crippen molar-refractivity contribution in [1.29, 1.82) is 0 Å². The molecule has 0 radical (unpaired) electrons. The van der Waals surface area contributed by atoms with Crippen molar-refractivity contribution in [2.24, 2.45) is 0 Å². The molecule has 1 aromatic rings. The fourth-order valence-corrected chi connectivity index (χ4v) is 3.72. The van der Waals surface area contributed by atoms with Crippen LogP contribution in [0.2, 0.25) is 0 Å². The van der Waals surface area contributed by atoms with Crippen LogP contribution in [0.25, 0.3) is 0 Å². The summed E-state index contributed by atoms with van der Waals surface area (Å²) in [4.78, 5) is 8.16. The molecule has 1 N–H and O–H groups in total. The summed E-state index contributed by atoms with van der Waals surface area (Å²) < 4.78 is 5.69. The van der Waals surface area contributed by atoms with Crippen LogP contribution in [0.15, 0.2) is 0 Å². The van der Waals surface area contributed by atoms with Crippen molar-refractivity contribution in [1.82, 2.24) is 4.98 Å². The number of nitrogens with zero attached hydrogens (tertiary/aromatic N) is 2. The van der Waals surface area contributed by atoms with Gasteiger partial charge in [-0.05, 0) is 32.1 Å². The molecule has 0 aliphatic carbocycles. The highest BCUT2D eigenvalue weighted by atomic mass is 32.1. The van der Waals surface area contributed by atoms with Gasteiger partial charge in [0, 0.05) is 19.7 Å². The Hall–Kier alpha value is -0.650. The third kappa shape index (κ3) is 3.51. The van der Waals surface area contributed by atoms with E-state index in [9.17, 15) is 5.11 Å². The van der Waals surface area contributed by atoms with E-state index in [0.717, 1.165) is 54.7 Å². The van der Waals surface area contributed by atoms with Gasteiger partial charge < -0.3 is 14.7 Å². The van der Waals surface area contributed by atoms with E-state index in [1.54, 1.807) is 11.3 Å². The number of aliphatic hydroxyl groups excluding tert-OH is 1. The molecule has 0 spiro atoms. The highest BCUT2D eigenvalue weighted by molar-refractivity contribution is 7.15. The van der Waals surface area contributed by atoms with E-state index < -0.39 is 0 Å². The fourth-order valence-electron chi connectivity index (χ4n) is 2.63. The van der Waals surface area contributed by atoms with Gasteiger partial charge in [-0.15, -0.1) is 0 Å². The van der Waals surface area contributed by atoms with Crippen LogP contribution in [0.5, 0.6) is 0 Å². The molecule has 1 atom stereocenters. The number of piperidine rings is 1. The first-order valence-electron chi connectivity index (χ1n) is 7.66. The Morgan fingerprint density at radius 2 is 2.10 bits per heavy atom. The zero-order valence-corrected chi connectivity index (χ0v) is 13.6. The van der Waals surface area contributed by atoms with E-state index in [1.807, 2.05) is 0 Å². The number of aliphatic hydroxyl groups is 1. The van der Waals surface area contributed by atoms with Gasteiger partial charge in [-0.1, -0.05) is 25.2 Å². The molecule has 2 rings (SSSR count). The van der Waals surface area contributed by atoms with E-state index in [-0.39, 0.29) is 6.61 Å². The van der Waals surface area contributed by atoms with Crippen LogP contribution in [-0.2, 0) is 11.3 Å². The largest absolute Gasteiger partial charge is 0.391 e. The standard InChI is InChI=1S/C15H26N2O2S/c1-4-11(3)14-13(10-18)20-15(16-14)17-8-6-12(7-9-17)19-5-2/h11-12,18H,4-10H2,1-3H3. The fraction of sp³-hybridized carbons (Fsp3) is 0.800. The second-order valence-corrected chi connectivity index (χ2v) is 6.48. The van der Waals surface area contributed by atoms with E-state index in [4.69, 9.17) is 9.72 Å². The Kier molecular flexibility index (Phi) is 5.81. The summed E-state index contributed by atoms with van der Waals surface area (Å²) in [6.07, 6.45) is 3.60. The summed E-state index contributed by atoms with van der Waals surface area (Å²) in [7, 11) is 0. The zero-order valence-electron chi connectivity index (χ0n) is 12.8. The highest BCUT2D eigenvalue weighted by Crippen LogP contribution is 2.33. The van der Waals surface area contributed by atoms with Gasteiger partial charge in [0.2, 0.25) is 0 Å². The molecular formula is C15H26N2O2S. The lowest BCUT2D eigenvalue weighted by molar-refractivity contribution is 0.0459. The first-order valence-corrected chi connectivity index (χ1v) is 8.48. The molecule has 0 bridgehead atoms. The number of aromatic nitrogens is 1. The Bertz CT molecular complexity index is 414. The Morgan fingerprint density at radius 1 is 1.40 bits per heavy atom. The molecule has 0 amide bonds. The van der Waals surface area contributed by atoms with Crippen molar-refractivity contribution in [2.45, 2.75) is 58.7 Å². The quantitative estimate of drug-likeness (QED) is 0.876. The summed E-state index contributed by atoms with van der Waals surface area (Å²) in [6, 6.07) is 0. The molecule has 1 fully saturated rings. The molecule has 1 aromatic heterocycles. The highest BCUT2D eigenvalue weighted by Gasteiger charge is 2.24. The smallest absolute Gasteiger partial charge is 0.185 e. The molecule has 1 unspecified atom stereocenters. The minimum atomic E-state index is 0.104. The summed E-state index contributed by atoms with van der Waals surface area (Å²) in [6.45, 7) is 9.31. The number of hydrogen-bond donors (Lipinski definition) is 1. The minimum absolute atomic E-state index is 0.104. The molecule has 114 valence electrons. The van der Waals surface area contributed by atoms with Crippen molar-refractivity contribution in [3.05, 3.63) is 10.6 Å². The van der Waals surface area contributed by atoms with Gasteiger partial charge in [-0.2, -0.15) is 0 Å². The summed E-state index contributed by atoms with van der Waals surface area (Å²) in [5.41, 5.74) is 1.09. The first-order chi connectivity index (χ1) is 9.69. The van der Waals surface area contributed by atoms with E-state index in [1.165, 1.54) is 0 Å². The number of hydrogen-bond acceptors (Lipinski definition) is 5. The SMILES string of the molecule is CCOC1CCN(c2nc(C(C)CC)c(CO)s2)CC1. The van der Waals surface area contributed by atoms with E-state index in [0.29, 0.717) is 12.0 Å². The van der Waals surface area contributed by atoms with Gasteiger partial charge >= 0.3 is 0 Å². The second kappa shape index (κ2) is 7.38. The average Bonchev–Trinajstić information content (AvgIpc) is 2.92. The van der Waals surface area contributed by atoms with E-state index >= 15 is 0 Å². The zero-order chi connectivity index (χ0) is 14.5. The molecule has 2 heterocycles. The molecule has 5 heteroatoms. The Morgan fingerprint density at radius 3 is 2.65 bits per heavy atom. The number of thiazole rings is 1. The lowest BCUT2D eigenvalue weighted by Crippen LogP contribution is -2.37. The van der Waals surface area contributed by atoms with Gasteiger partial charge in [-0.25, -0.2) is 4.98 Å². The molecule has 1 aliphatic heterocycles. The van der Waals surface area contributed by atoms with Gasteiger partial charge in [0.15, 0.2) is 5.13 Å². The third-order valence-electron chi connectivity index (χ3n) is 4.05. The molecular weight excluding hydrogens is 272 g/mol. The maximum absolute atomic E-state index is 9.52. The Labute approximate surface area is 125 Å². The maximum Gasteiger partial charge on any atom is 0.185 e. The Balaban J connectivity index is 2.05. The van der Waals surface area contributed by atoms with Gasteiger partial charge in [0.25, 0.3) is 0 Å². The monoisotopic (exact) mass is 298 g/mol. The molecule has 0 saturated carbocycles. The van der Waals surface area contributed by atoms with Gasteiger partial charge in [0.05, 0.1) is 23.3 Å². The number of rotatable bonds is 6. The van der Waals surface area contributed by atoms with Crippen LogP contribution in [0.4, 0.5) is 5.13 Å². The third-order valence-corrected chi connectivity index (χ3v) is 5.17. The van der Waals surface area contributed by atoms with Crippen LogP contribution in [0, 0.1) is 0 Å². The van der Waals surface area contributed by atoms with Crippen LogP contribution < -0.4 is 4.90 Å². The van der Waals surface area contributed by atoms with Crippen molar-refractivity contribution < 1.29 is 9.84 Å². The lowest BCUT2D eigenvalue weighted by Gasteiger charge is -2.31. The first kappa shape index (κ1) is 15.7. The lowest BCUT2D eigenvalue weighted by atomic mass is 10.0. The van der Waals surface area contributed by atoms with Crippen molar-refractivity contribution in [3.8, 4) is 0 Å². The number of anilines is 1. The second-order valence-electron chi connectivity index (χ2n) is 5.41. The molecule has 1 aliphatic rings.